The van der Waals surface area contributed by atoms with Crippen LogP contribution >= 0.6 is 7.82 Å². The first-order valence-electron chi connectivity index (χ1n) is 31.4. The van der Waals surface area contributed by atoms with Gasteiger partial charge in [0.1, 0.15) is 19.3 Å². The minimum atomic E-state index is -4.71. The number of unbranched alkanes of at least 4 members (excludes halogenated alkanes) is 28. The average molecular weight is 1080 g/mol. The monoisotopic (exact) mass is 1080 g/mol. The van der Waals surface area contributed by atoms with Crippen molar-refractivity contribution in [2.45, 2.75) is 283 Å². The molecule has 1 amide bonds. The van der Waals surface area contributed by atoms with Gasteiger partial charge in [0.05, 0.1) is 33.8 Å². The molecule has 440 valence electrons. The van der Waals surface area contributed by atoms with Gasteiger partial charge in [0.25, 0.3) is 7.82 Å². The molecule has 10 heteroatoms. The highest BCUT2D eigenvalue weighted by Crippen LogP contribution is 2.38. The fourth-order valence-corrected chi connectivity index (χ4v) is 9.44. The fourth-order valence-electron chi connectivity index (χ4n) is 8.72. The van der Waals surface area contributed by atoms with E-state index in [1.165, 1.54) is 135 Å². The van der Waals surface area contributed by atoms with Crippen LogP contribution in [0, 0.1) is 0 Å². The number of nitrogens with one attached hydrogen (secondary N) is 1. The van der Waals surface area contributed by atoms with Crippen molar-refractivity contribution in [3.8, 4) is 0 Å². The maximum absolute atomic E-state index is 13.5. The molecular formula is C66H119N2O7P. The number of ether oxygens (including phenoxy) is 1. The van der Waals surface area contributed by atoms with Crippen molar-refractivity contribution in [2.24, 2.45) is 0 Å². The Kier molecular flexibility index (Phi) is 53.5. The van der Waals surface area contributed by atoms with E-state index >= 15 is 0 Å². The highest BCUT2D eigenvalue weighted by molar-refractivity contribution is 7.45. The highest BCUT2D eigenvalue weighted by atomic mass is 31.2. The molecule has 0 aliphatic heterocycles. The van der Waals surface area contributed by atoms with Crippen LogP contribution in [0.25, 0.3) is 0 Å². The molecule has 0 aromatic rings. The van der Waals surface area contributed by atoms with Crippen molar-refractivity contribution in [3.63, 3.8) is 0 Å². The molecule has 76 heavy (non-hydrogen) atoms. The van der Waals surface area contributed by atoms with Crippen LogP contribution in [-0.4, -0.2) is 69.4 Å². The molecule has 0 aliphatic rings. The second-order valence-corrected chi connectivity index (χ2v) is 23.6. The number of hydrogen-bond acceptors (Lipinski definition) is 7. The predicted molar refractivity (Wildman–Crippen MR) is 325 cm³/mol. The van der Waals surface area contributed by atoms with Gasteiger partial charge in [-0.3, -0.25) is 14.2 Å². The number of hydrogen-bond donors (Lipinski definition) is 1. The molecule has 0 saturated heterocycles. The Morgan fingerprint density at radius 2 is 0.842 bits per heavy atom. The molecule has 0 radical (unpaired) electrons. The van der Waals surface area contributed by atoms with Crippen molar-refractivity contribution in [3.05, 3.63) is 85.1 Å². The Morgan fingerprint density at radius 1 is 0.474 bits per heavy atom. The molecule has 0 bridgehead atoms. The number of nitrogens with zero attached hydrogens (tertiary/aromatic N) is 1. The van der Waals surface area contributed by atoms with Crippen LogP contribution in [0.1, 0.15) is 271 Å². The number of rotatable bonds is 56. The lowest BCUT2D eigenvalue weighted by atomic mass is 10.0. The maximum Gasteiger partial charge on any atom is 0.306 e. The van der Waals surface area contributed by atoms with Gasteiger partial charge in [-0.15, -0.1) is 0 Å². The SMILES string of the molecule is CC/C=C\C/C=C\C/C=C\C/C=C\C/C=C\CCCCCC(=O)OC(/C=C/CCCCCCCCCCCC)C(COP(=O)([O-])OCC[N+](C)(C)C)NC(=O)CCCCCCCCCCC/C=C/CCCCCCCC. The average Bonchev–Trinajstić information content (AvgIpc) is 3.38. The zero-order valence-corrected chi connectivity index (χ0v) is 51.1. The number of esters is 1. The number of carbonyl (C=O) groups excluding carboxylic acids is 2. The second-order valence-electron chi connectivity index (χ2n) is 22.2. The quantitative estimate of drug-likeness (QED) is 0.0212. The number of quaternary nitrogens is 1. The molecule has 0 aromatic carbocycles. The molecular weight excluding hydrogens is 964 g/mol. The summed E-state index contributed by atoms with van der Waals surface area (Å²) < 4.78 is 30.3. The van der Waals surface area contributed by atoms with Crippen molar-refractivity contribution < 1.29 is 37.3 Å². The van der Waals surface area contributed by atoms with Gasteiger partial charge >= 0.3 is 5.97 Å². The van der Waals surface area contributed by atoms with E-state index in [9.17, 15) is 19.0 Å². The van der Waals surface area contributed by atoms with Gasteiger partial charge < -0.3 is 28.5 Å². The fraction of sp³-hybridized carbons (Fsp3) is 0.758. The summed E-state index contributed by atoms with van der Waals surface area (Å²) in [6.07, 6.45) is 72.6. The Hall–Kier alpha value is -2.81. The molecule has 1 N–H and O–H groups in total. The normalized spacial score (nSPS) is 14.2. The van der Waals surface area contributed by atoms with E-state index < -0.39 is 26.6 Å². The summed E-state index contributed by atoms with van der Waals surface area (Å²) in [6.45, 7) is 6.71. The van der Waals surface area contributed by atoms with Gasteiger partial charge in [0.15, 0.2) is 0 Å². The molecule has 0 fully saturated rings. The summed E-state index contributed by atoms with van der Waals surface area (Å²) in [5.41, 5.74) is 0. The van der Waals surface area contributed by atoms with Crippen LogP contribution in [0.5, 0.6) is 0 Å². The van der Waals surface area contributed by atoms with Gasteiger partial charge in [0.2, 0.25) is 5.91 Å². The second kappa shape index (κ2) is 55.5. The third-order valence-electron chi connectivity index (χ3n) is 13.6. The first-order valence-corrected chi connectivity index (χ1v) is 32.9. The van der Waals surface area contributed by atoms with Gasteiger partial charge in [0, 0.05) is 12.8 Å². The molecule has 0 aromatic heterocycles. The van der Waals surface area contributed by atoms with Gasteiger partial charge in [-0.05, 0) is 102 Å². The Balaban J connectivity index is 5.31. The third kappa shape index (κ3) is 55.9. The molecule has 0 spiro atoms. The van der Waals surface area contributed by atoms with Gasteiger partial charge in [-0.1, -0.05) is 241 Å². The lowest BCUT2D eigenvalue weighted by Crippen LogP contribution is -2.47. The molecule has 3 unspecified atom stereocenters. The van der Waals surface area contributed by atoms with Crippen LogP contribution in [0.4, 0.5) is 0 Å². The summed E-state index contributed by atoms with van der Waals surface area (Å²) >= 11 is 0. The molecule has 0 aliphatic carbocycles. The van der Waals surface area contributed by atoms with Crippen molar-refractivity contribution in [1.29, 1.82) is 0 Å². The largest absolute Gasteiger partial charge is 0.756 e. The van der Waals surface area contributed by atoms with E-state index in [-0.39, 0.29) is 24.9 Å². The van der Waals surface area contributed by atoms with E-state index in [4.69, 9.17) is 13.8 Å². The van der Waals surface area contributed by atoms with Crippen LogP contribution in [0.2, 0.25) is 0 Å². The molecule has 9 nitrogen and oxygen atoms in total. The number of phosphoric ester groups is 1. The molecule has 0 saturated carbocycles. The number of phosphoric acid groups is 1. The predicted octanol–water partition coefficient (Wildman–Crippen LogP) is 18.8. The van der Waals surface area contributed by atoms with E-state index in [1.807, 2.05) is 33.3 Å². The first kappa shape index (κ1) is 73.2. The molecule has 0 heterocycles. The van der Waals surface area contributed by atoms with E-state index in [0.717, 1.165) is 96.3 Å². The molecule has 0 rings (SSSR count). The smallest absolute Gasteiger partial charge is 0.306 e. The number of likely N-dealkylation sites (N-methyl/N-ethyl adjacent to an activating group) is 1. The first-order chi connectivity index (χ1) is 36.9. The summed E-state index contributed by atoms with van der Waals surface area (Å²) in [4.78, 5) is 40.0. The maximum atomic E-state index is 13.5. The van der Waals surface area contributed by atoms with Crippen molar-refractivity contribution in [2.75, 3.05) is 40.9 Å². The van der Waals surface area contributed by atoms with Crippen molar-refractivity contribution in [1.82, 2.24) is 5.32 Å². The molecule has 3 atom stereocenters. The Morgan fingerprint density at radius 3 is 1.29 bits per heavy atom. The lowest BCUT2D eigenvalue weighted by molar-refractivity contribution is -0.870. The summed E-state index contributed by atoms with van der Waals surface area (Å²) in [7, 11) is 1.16. The van der Waals surface area contributed by atoms with Crippen molar-refractivity contribution >= 4 is 19.7 Å². The number of amides is 1. The topological polar surface area (TPSA) is 114 Å². The minimum Gasteiger partial charge on any atom is -0.756 e. The third-order valence-corrected chi connectivity index (χ3v) is 14.5. The van der Waals surface area contributed by atoms with E-state index in [0.29, 0.717) is 23.9 Å². The summed E-state index contributed by atoms with van der Waals surface area (Å²) in [5, 5.41) is 3.02. The minimum absolute atomic E-state index is 0.0312. The van der Waals surface area contributed by atoms with E-state index in [2.05, 4.69) is 99.0 Å². The Bertz CT molecular complexity index is 1580. The van der Waals surface area contributed by atoms with Crippen LogP contribution in [0.3, 0.4) is 0 Å². The highest BCUT2D eigenvalue weighted by Gasteiger charge is 2.27. The number of allylic oxidation sites excluding steroid dienone is 13. The van der Waals surface area contributed by atoms with Crippen LogP contribution < -0.4 is 10.2 Å². The lowest BCUT2D eigenvalue weighted by Gasteiger charge is -2.30. The van der Waals surface area contributed by atoms with E-state index in [1.54, 1.807) is 0 Å². The Labute approximate surface area is 469 Å². The van der Waals surface area contributed by atoms with Gasteiger partial charge in [-0.2, -0.15) is 0 Å². The standard InChI is InChI=1S/C66H119N2O7P/c1-7-10-13-16-19-22-25-28-30-32-34-36-38-40-43-46-49-52-55-58-65(69)67-63(62-74-76(71,72)73-61-60-68(4,5)6)64(57-54-51-48-45-42-27-24-21-18-15-12-9-3)75-66(70)59-56-53-50-47-44-41-39-37-35-33-31-29-26-23-20-17-14-11-8-2/h11,14,20,23,28-31,35,37,41,44,54,57,63-64H,7-10,12-13,15-19,21-22,24-27,32-34,36,38-40,42-43,45-53,55-56,58-62H2,1-6H3,(H-,67,69,71,72)/b14-11-,23-20-,30-28+,31-29-,37-35-,44-41-,57-54+. The summed E-state index contributed by atoms with van der Waals surface area (Å²) in [6, 6.07) is -0.907. The number of carbonyl (C=O) groups is 2. The van der Waals surface area contributed by atoms with Crippen LogP contribution in [0.15, 0.2) is 85.1 Å². The summed E-state index contributed by atoms with van der Waals surface area (Å²) in [5.74, 6) is -0.580. The zero-order chi connectivity index (χ0) is 55.7. The zero-order valence-electron chi connectivity index (χ0n) is 50.2. The van der Waals surface area contributed by atoms with Crippen LogP contribution in [-0.2, 0) is 27.9 Å². The van der Waals surface area contributed by atoms with Gasteiger partial charge in [-0.25, -0.2) is 0 Å².